The number of hydrogen-bond donors (Lipinski definition) is 1. The van der Waals surface area contributed by atoms with Gasteiger partial charge in [-0.3, -0.25) is 4.68 Å². The van der Waals surface area contributed by atoms with Crippen LogP contribution in [0.5, 0.6) is 0 Å². The molecule has 0 spiro atoms. The highest BCUT2D eigenvalue weighted by atomic mass is 28.4. The van der Waals surface area contributed by atoms with Gasteiger partial charge in [0, 0.05) is 32.1 Å². The number of nitrogens with two attached hydrogens (primary N) is 1. The second-order valence-corrected chi connectivity index (χ2v) is 14.2. The van der Waals surface area contributed by atoms with Crippen molar-refractivity contribution in [3.05, 3.63) is 17.5 Å². The Balaban J connectivity index is 2.22. The van der Waals surface area contributed by atoms with Crippen molar-refractivity contribution >= 4 is 20.3 Å². The summed E-state index contributed by atoms with van der Waals surface area (Å²) in [7, 11) is -0.0169. The fourth-order valence-electron chi connectivity index (χ4n) is 3.18. The minimum atomic E-state index is -1.97. The van der Waals surface area contributed by atoms with Gasteiger partial charge in [0.15, 0.2) is 0 Å². The van der Waals surface area contributed by atoms with Gasteiger partial charge in [-0.05, 0) is 47.9 Å². The maximum absolute atomic E-state index is 11.1. The topological polar surface area (TPSA) is 82.5 Å². The summed E-state index contributed by atoms with van der Waals surface area (Å²) in [5.74, 6) is 0.298. The molecule has 1 fully saturated rings. The lowest BCUT2D eigenvalue weighted by atomic mass is 9.82. The minimum Gasteiger partial charge on any atom is -0.455 e. The van der Waals surface area contributed by atoms with Crippen LogP contribution in [0.25, 0.3) is 0 Å². The number of aldehydes is 1. The molecule has 1 saturated carbocycles. The van der Waals surface area contributed by atoms with Crippen molar-refractivity contribution < 1.29 is 9.32 Å². The van der Waals surface area contributed by atoms with E-state index in [2.05, 4.69) is 51.0 Å². The molecule has 0 saturated heterocycles. The van der Waals surface area contributed by atoms with Gasteiger partial charge in [0.25, 0.3) is 8.32 Å². The molecule has 6 nitrogen and oxygen atoms in total. The summed E-state index contributed by atoms with van der Waals surface area (Å²) in [5, 5.41) is 9.03. The molecule has 7 heteroatoms. The monoisotopic (exact) mass is 392 g/mol. The molecule has 1 aromatic heterocycles. The molecular weight excluding hydrogens is 356 g/mol. The van der Waals surface area contributed by atoms with E-state index in [1.807, 2.05) is 17.9 Å². The van der Waals surface area contributed by atoms with Crippen LogP contribution in [0.15, 0.2) is 11.4 Å². The molecule has 0 amide bonds. The minimum absolute atomic E-state index is 0.0929. The first kappa shape index (κ1) is 21.8. The van der Waals surface area contributed by atoms with Crippen LogP contribution in [0, 0.1) is 5.41 Å². The summed E-state index contributed by atoms with van der Waals surface area (Å²) in [6, 6.07) is 0. The predicted octanol–water partition coefficient (Wildman–Crippen LogP) is 3.77. The molecule has 2 N–H and O–H groups in total. The summed E-state index contributed by atoms with van der Waals surface area (Å²) in [6.07, 6.45) is 6.45. The van der Waals surface area contributed by atoms with Crippen LogP contribution in [0.3, 0.4) is 0 Å². The van der Waals surface area contributed by atoms with E-state index < -0.39 is 8.32 Å². The summed E-state index contributed by atoms with van der Waals surface area (Å²) in [5.41, 5.74) is 9.23. The SMILES string of the molecule is C[C@@H](c1cnn(C)c1C/C(CN)=N/O[Si](C)(C)C(C)(C)C)C1(CC=O)CC1. The van der Waals surface area contributed by atoms with E-state index in [1.54, 1.807) is 0 Å². The quantitative estimate of drug-likeness (QED) is 0.300. The van der Waals surface area contributed by atoms with Gasteiger partial charge >= 0.3 is 0 Å². The number of oxime groups is 1. The highest BCUT2D eigenvalue weighted by Gasteiger charge is 2.48. The predicted molar refractivity (Wildman–Crippen MR) is 112 cm³/mol. The second kappa shape index (κ2) is 7.87. The third kappa shape index (κ3) is 4.69. The summed E-state index contributed by atoms with van der Waals surface area (Å²) in [6.45, 7) is 13.5. The van der Waals surface area contributed by atoms with E-state index in [0.717, 1.165) is 30.5 Å². The van der Waals surface area contributed by atoms with E-state index in [0.29, 0.717) is 25.3 Å². The Morgan fingerprint density at radius 1 is 1.48 bits per heavy atom. The van der Waals surface area contributed by atoms with Crippen LogP contribution in [0.1, 0.15) is 64.1 Å². The van der Waals surface area contributed by atoms with Crippen molar-refractivity contribution in [1.82, 2.24) is 9.78 Å². The average Bonchev–Trinajstić information content (AvgIpc) is 3.28. The molecule has 2 rings (SSSR count). The first-order chi connectivity index (χ1) is 12.5. The Morgan fingerprint density at radius 3 is 2.59 bits per heavy atom. The van der Waals surface area contributed by atoms with Crippen LogP contribution in [-0.2, 0) is 22.8 Å². The highest BCUT2D eigenvalue weighted by molar-refractivity contribution is 6.74. The van der Waals surface area contributed by atoms with Gasteiger partial charge in [0.2, 0.25) is 0 Å². The van der Waals surface area contributed by atoms with E-state index in [4.69, 9.17) is 10.3 Å². The van der Waals surface area contributed by atoms with Gasteiger partial charge in [0.1, 0.15) is 6.29 Å². The Kier molecular flexibility index (Phi) is 6.36. The van der Waals surface area contributed by atoms with Crippen LogP contribution in [0.2, 0.25) is 18.1 Å². The van der Waals surface area contributed by atoms with Gasteiger partial charge in [-0.2, -0.15) is 5.10 Å². The zero-order valence-electron chi connectivity index (χ0n) is 18.0. The largest absolute Gasteiger partial charge is 0.455 e. The number of hydrogen-bond acceptors (Lipinski definition) is 5. The Morgan fingerprint density at radius 2 is 2.11 bits per heavy atom. The Bertz CT molecular complexity index is 699. The van der Waals surface area contributed by atoms with E-state index in [9.17, 15) is 4.79 Å². The fourth-order valence-corrected chi connectivity index (χ4v) is 3.81. The number of nitrogens with zero attached hydrogens (tertiary/aromatic N) is 3. The van der Waals surface area contributed by atoms with Crippen LogP contribution in [-0.4, -0.2) is 36.6 Å². The average molecular weight is 393 g/mol. The van der Waals surface area contributed by atoms with Gasteiger partial charge in [-0.25, -0.2) is 0 Å². The van der Waals surface area contributed by atoms with Crippen LogP contribution in [0.4, 0.5) is 0 Å². The zero-order chi connectivity index (χ0) is 20.5. The van der Waals surface area contributed by atoms with Crippen molar-refractivity contribution in [2.75, 3.05) is 6.54 Å². The van der Waals surface area contributed by atoms with Crippen LogP contribution < -0.4 is 5.73 Å². The van der Waals surface area contributed by atoms with E-state index in [1.165, 1.54) is 5.56 Å². The number of aromatic nitrogens is 2. The summed E-state index contributed by atoms with van der Waals surface area (Å²) >= 11 is 0. The summed E-state index contributed by atoms with van der Waals surface area (Å²) in [4.78, 5) is 11.1. The van der Waals surface area contributed by atoms with Crippen LogP contribution >= 0.6 is 0 Å². The zero-order valence-corrected chi connectivity index (χ0v) is 19.0. The lowest BCUT2D eigenvalue weighted by Gasteiger charge is -2.33. The highest BCUT2D eigenvalue weighted by Crippen LogP contribution is 2.58. The Hall–Kier alpha value is -1.47. The maximum Gasteiger partial charge on any atom is 0.286 e. The number of carbonyl (C=O) groups is 1. The molecule has 1 atom stereocenters. The Labute approximate surface area is 164 Å². The van der Waals surface area contributed by atoms with Crippen molar-refractivity contribution in [3.63, 3.8) is 0 Å². The molecule has 0 aromatic carbocycles. The van der Waals surface area contributed by atoms with E-state index >= 15 is 0 Å². The molecule has 1 aliphatic rings. The molecule has 0 unspecified atom stereocenters. The standard InChI is InChI=1S/C20H36N4O2Si/c1-15(20(8-9-20)10-11-25)17-14-22-24(5)18(17)12-16(13-21)23-26-27(6,7)19(2,3)4/h11,14-15H,8-10,12-13,21H2,1-7H3/b23-16-/t15-/m0/s1. The van der Waals surface area contributed by atoms with Crippen molar-refractivity contribution in [2.45, 2.75) is 77.4 Å². The van der Waals surface area contributed by atoms with Gasteiger partial charge in [0.05, 0.1) is 11.9 Å². The molecule has 1 aliphatic carbocycles. The van der Waals surface area contributed by atoms with E-state index in [-0.39, 0.29) is 10.5 Å². The number of rotatable bonds is 9. The molecule has 1 heterocycles. The van der Waals surface area contributed by atoms with Gasteiger partial charge in [-0.15, -0.1) is 5.16 Å². The first-order valence-electron chi connectivity index (χ1n) is 9.86. The lowest BCUT2D eigenvalue weighted by Crippen LogP contribution is -2.39. The molecule has 27 heavy (non-hydrogen) atoms. The number of carbonyl (C=O) groups excluding carboxylic acids is 1. The first-order valence-corrected chi connectivity index (χ1v) is 12.8. The molecule has 152 valence electrons. The maximum atomic E-state index is 11.1. The van der Waals surface area contributed by atoms with Crippen molar-refractivity contribution in [2.24, 2.45) is 23.4 Å². The molecule has 1 aromatic rings. The smallest absolute Gasteiger partial charge is 0.286 e. The lowest BCUT2D eigenvalue weighted by molar-refractivity contribution is -0.109. The van der Waals surface area contributed by atoms with Crippen molar-refractivity contribution in [3.8, 4) is 0 Å². The molecular formula is C20H36N4O2Si. The third-order valence-corrected chi connectivity index (χ3v) is 10.8. The normalized spacial score (nSPS) is 18.3. The molecule has 0 radical (unpaired) electrons. The third-order valence-electron chi connectivity index (χ3n) is 6.68. The van der Waals surface area contributed by atoms with Crippen molar-refractivity contribution in [1.29, 1.82) is 0 Å². The summed E-state index contributed by atoms with van der Waals surface area (Å²) < 4.78 is 7.93. The molecule has 0 aliphatic heterocycles. The molecule has 0 bridgehead atoms. The fraction of sp³-hybridized carbons (Fsp3) is 0.750. The second-order valence-electron chi connectivity index (χ2n) is 9.52. The number of aryl methyl sites for hydroxylation is 1. The van der Waals surface area contributed by atoms with Gasteiger partial charge < -0.3 is 15.1 Å². The van der Waals surface area contributed by atoms with Gasteiger partial charge in [-0.1, -0.05) is 27.7 Å².